The molecule has 0 heterocycles. The molecule has 0 spiro atoms. The van der Waals surface area contributed by atoms with Crippen LogP contribution in [0.2, 0.25) is 0 Å². The van der Waals surface area contributed by atoms with Gasteiger partial charge in [-0.05, 0) is 73.5 Å². The van der Waals surface area contributed by atoms with E-state index in [0.29, 0.717) is 29.0 Å². The average Bonchev–Trinajstić information content (AvgIpc) is 2.48. The fraction of sp³-hybridized carbons (Fsp3) is 0.632. The van der Waals surface area contributed by atoms with Crippen LogP contribution in [-0.4, -0.2) is 26.6 Å². The summed E-state index contributed by atoms with van der Waals surface area (Å²) in [5.41, 5.74) is 1.25. The quantitative estimate of drug-likeness (QED) is 0.911. The van der Waals surface area contributed by atoms with Gasteiger partial charge in [0.1, 0.15) is 0 Å². The fourth-order valence-electron chi connectivity index (χ4n) is 5.50. The molecule has 4 aliphatic carbocycles. The van der Waals surface area contributed by atoms with Crippen molar-refractivity contribution in [3.63, 3.8) is 0 Å². The van der Waals surface area contributed by atoms with E-state index in [2.05, 4.69) is 5.32 Å². The predicted octanol–water partition coefficient (Wildman–Crippen LogP) is 2.79. The number of carbonyl (C=O) groups excluding carboxylic acids is 1. The summed E-state index contributed by atoms with van der Waals surface area (Å²) in [6.45, 7) is 0. The minimum Gasteiger partial charge on any atom is -0.349 e. The summed E-state index contributed by atoms with van der Waals surface area (Å²) in [5.74, 6) is 2.99. The van der Waals surface area contributed by atoms with Gasteiger partial charge < -0.3 is 5.32 Å². The molecule has 0 unspecified atom stereocenters. The van der Waals surface area contributed by atoms with Crippen LogP contribution in [-0.2, 0) is 15.6 Å². The molecule has 1 aromatic carbocycles. The molecule has 4 nitrogen and oxygen atoms in total. The van der Waals surface area contributed by atoms with E-state index in [1.165, 1.54) is 38.4 Å². The maximum Gasteiger partial charge on any atom is 0.251 e. The van der Waals surface area contributed by atoms with Crippen LogP contribution in [0, 0.1) is 23.7 Å². The van der Waals surface area contributed by atoms with Crippen molar-refractivity contribution in [1.29, 1.82) is 0 Å². The Bertz CT molecular complexity index is 728. The highest BCUT2D eigenvalue weighted by atomic mass is 32.2. The SMILES string of the molecule is CS(=O)(=O)Cc1cccc(C(=O)NC2C3CC4CC(C3)CC2C4)c1. The smallest absolute Gasteiger partial charge is 0.251 e. The molecule has 5 rings (SSSR count). The molecule has 1 aromatic rings. The van der Waals surface area contributed by atoms with E-state index in [9.17, 15) is 13.2 Å². The van der Waals surface area contributed by atoms with Crippen molar-refractivity contribution in [2.75, 3.05) is 6.26 Å². The van der Waals surface area contributed by atoms with Crippen LogP contribution in [0.15, 0.2) is 24.3 Å². The van der Waals surface area contributed by atoms with Crippen LogP contribution in [0.1, 0.15) is 48.0 Å². The predicted molar refractivity (Wildman–Crippen MR) is 93.3 cm³/mol. The highest BCUT2D eigenvalue weighted by Gasteiger charge is 2.48. The minimum atomic E-state index is -3.09. The van der Waals surface area contributed by atoms with Crippen molar-refractivity contribution >= 4 is 15.7 Å². The first-order valence-electron chi connectivity index (χ1n) is 8.95. The Kier molecular flexibility index (Phi) is 3.94. The second-order valence-corrected chi connectivity index (χ2v) is 10.3. The van der Waals surface area contributed by atoms with Gasteiger partial charge in [0, 0.05) is 17.9 Å². The summed E-state index contributed by atoms with van der Waals surface area (Å²) in [5, 5.41) is 3.28. The first-order valence-corrected chi connectivity index (χ1v) is 11.0. The van der Waals surface area contributed by atoms with E-state index in [1.807, 2.05) is 0 Å². The molecular formula is C19H25NO3S. The lowest BCUT2D eigenvalue weighted by Crippen LogP contribution is -2.55. The maximum atomic E-state index is 12.7. The van der Waals surface area contributed by atoms with Crippen LogP contribution in [0.3, 0.4) is 0 Å². The van der Waals surface area contributed by atoms with E-state index in [1.54, 1.807) is 24.3 Å². The van der Waals surface area contributed by atoms with Gasteiger partial charge in [-0.25, -0.2) is 8.42 Å². The Hall–Kier alpha value is -1.36. The summed E-state index contributed by atoms with van der Waals surface area (Å²) >= 11 is 0. The third-order valence-electron chi connectivity index (χ3n) is 6.14. The van der Waals surface area contributed by atoms with Crippen molar-refractivity contribution in [3.05, 3.63) is 35.4 Å². The average molecular weight is 347 g/mol. The van der Waals surface area contributed by atoms with Crippen LogP contribution in [0.25, 0.3) is 0 Å². The molecule has 24 heavy (non-hydrogen) atoms. The van der Waals surface area contributed by atoms with Crippen molar-refractivity contribution in [1.82, 2.24) is 5.32 Å². The van der Waals surface area contributed by atoms with Gasteiger partial charge in [-0.3, -0.25) is 4.79 Å². The lowest BCUT2D eigenvalue weighted by Gasteiger charge is -2.54. The summed E-state index contributed by atoms with van der Waals surface area (Å²) < 4.78 is 22.9. The molecule has 1 N–H and O–H groups in total. The van der Waals surface area contributed by atoms with Gasteiger partial charge in [0.25, 0.3) is 5.91 Å². The van der Waals surface area contributed by atoms with Crippen LogP contribution < -0.4 is 5.32 Å². The lowest BCUT2D eigenvalue weighted by atomic mass is 9.54. The summed E-state index contributed by atoms with van der Waals surface area (Å²) in [4.78, 5) is 12.7. The van der Waals surface area contributed by atoms with Gasteiger partial charge in [0.05, 0.1) is 5.75 Å². The van der Waals surface area contributed by atoms with E-state index >= 15 is 0 Å². The Balaban J connectivity index is 1.48. The molecule has 0 aliphatic heterocycles. The lowest BCUT2D eigenvalue weighted by molar-refractivity contribution is -0.0119. The standard InChI is InChI=1S/C19H25NO3S/c1-24(22,23)11-12-3-2-4-15(6-12)19(21)20-18-16-7-13-5-14(9-16)10-17(18)8-13/h2-4,6,13-14,16-18H,5,7-11H2,1H3,(H,20,21). The molecule has 4 saturated carbocycles. The minimum absolute atomic E-state index is 0.0217. The van der Waals surface area contributed by atoms with Crippen molar-refractivity contribution in [2.24, 2.45) is 23.7 Å². The van der Waals surface area contributed by atoms with Crippen LogP contribution >= 0.6 is 0 Å². The first-order chi connectivity index (χ1) is 11.4. The molecule has 0 radical (unpaired) electrons. The van der Waals surface area contributed by atoms with Gasteiger partial charge in [-0.2, -0.15) is 0 Å². The molecular weight excluding hydrogens is 322 g/mol. The van der Waals surface area contributed by atoms with Gasteiger partial charge in [-0.1, -0.05) is 12.1 Å². The number of benzene rings is 1. The number of hydrogen-bond acceptors (Lipinski definition) is 3. The highest BCUT2D eigenvalue weighted by Crippen LogP contribution is 2.53. The summed E-state index contributed by atoms with van der Waals surface area (Å²) in [6.07, 6.45) is 7.70. The normalized spacial score (nSPS) is 34.3. The van der Waals surface area contributed by atoms with E-state index < -0.39 is 9.84 Å². The number of carbonyl (C=O) groups is 1. The van der Waals surface area contributed by atoms with Gasteiger partial charge in [0.2, 0.25) is 0 Å². The Morgan fingerprint density at radius 1 is 1.08 bits per heavy atom. The number of nitrogens with one attached hydrogen (secondary N) is 1. The van der Waals surface area contributed by atoms with Gasteiger partial charge in [-0.15, -0.1) is 0 Å². The topological polar surface area (TPSA) is 63.2 Å². The zero-order valence-corrected chi connectivity index (χ0v) is 14.9. The number of rotatable bonds is 4. The van der Waals surface area contributed by atoms with Crippen molar-refractivity contribution < 1.29 is 13.2 Å². The molecule has 0 saturated heterocycles. The third-order valence-corrected chi connectivity index (χ3v) is 7.00. The van der Waals surface area contributed by atoms with E-state index in [0.717, 1.165) is 11.8 Å². The number of sulfone groups is 1. The zero-order chi connectivity index (χ0) is 16.9. The van der Waals surface area contributed by atoms with E-state index in [-0.39, 0.29) is 11.7 Å². The zero-order valence-electron chi connectivity index (χ0n) is 14.1. The molecule has 0 atom stereocenters. The molecule has 4 aliphatic rings. The monoisotopic (exact) mass is 347 g/mol. The first kappa shape index (κ1) is 16.1. The van der Waals surface area contributed by atoms with Gasteiger partial charge >= 0.3 is 0 Å². The second kappa shape index (κ2) is 5.87. The fourth-order valence-corrected chi connectivity index (χ4v) is 6.29. The van der Waals surface area contributed by atoms with Crippen LogP contribution in [0.5, 0.6) is 0 Å². The molecule has 130 valence electrons. The molecule has 1 amide bonds. The Morgan fingerprint density at radius 2 is 1.71 bits per heavy atom. The van der Waals surface area contributed by atoms with Crippen molar-refractivity contribution in [3.8, 4) is 0 Å². The van der Waals surface area contributed by atoms with Crippen LogP contribution in [0.4, 0.5) is 0 Å². The maximum absolute atomic E-state index is 12.7. The van der Waals surface area contributed by atoms with Crippen molar-refractivity contribution in [2.45, 2.75) is 43.9 Å². The van der Waals surface area contributed by atoms with E-state index in [4.69, 9.17) is 0 Å². The number of hydrogen-bond donors (Lipinski definition) is 1. The molecule has 4 fully saturated rings. The third kappa shape index (κ3) is 3.23. The second-order valence-electron chi connectivity index (χ2n) is 8.20. The molecule has 4 bridgehead atoms. The highest BCUT2D eigenvalue weighted by molar-refractivity contribution is 7.89. The molecule has 0 aromatic heterocycles. The summed E-state index contributed by atoms with van der Waals surface area (Å²) in [6, 6.07) is 7.33. The largest absolute Gasteiger partial charge is 0.349 e. The Morgan fingerprint density at radius 3 is 2.29 bits per heavy atom. The Labute approximate surface area is 143 Å². The van der Waals surface area contributed by atoms with Gasteiger partial charge in [0.15, 0.2) is 9.84 Å². The number of amides is 1. The summed E-state index contributed by atoms with van der Waals surface area (Å²) in [7, 11) is -3.09. The molecule has 5 heteroatoms.